The minimum Gasteiger partial charge on any atom is -0.493 e. The van der Waals surface area contributed by atoms with Gasteiger partial charge in [-0.25, -0.2) is 0 Å². The number of nitrogens with one attached hydrogen (secondary N) is 1. The summed E-state index contributed by atoms with van der Waals surface area (Å²) >= 11 is 0. The summed E-state index contributed by atoms with van der Waals surface area (Å²) in [5.41, 5.74) is 3.76. The third-order valence-corrected chi connectivity index (χ3v) is 6.02. The van der Waals surface area contributed by atoms with Gasteiger partial charge in [0.2, 0.25) is 5.91 Å². The molecule has 0 unspecified atom stereocenters. The zero-order valence-corrected chi connectivity index (χ0v) is 19.5. The lowest BCUT2D eigenvalue weighted by molar-refractivity contribution is -0.123. The van der Waals surface area contributed by atoms with Crippen LogP contribution in [0.3, 0.4) is 0 Å². The number of nitrogens with zero attached hydrogens (tertiary/aromatic N) is 1. The van der Waals surface area contributed by atoms with Crippen LogP contribution in [0.15, 0.2) is 42.5 Å². The second kappa shape index (κ2) is 10.7. The van der Waals surface area contributed by atoms with Gasteiger partial charge >= 0.3 is 0 Å². The van der Waals surface area contributed by atoms with Crippen molar-refractivity contribution in [3.8, 4) is 11.5 Å². The zero-order valence-electron chi connectivity index (χ0n) is 19.5. The van der Waals surface area contributed by atoms with E-state index in [9.17, 15) is 4.79 Å². The average molecular weight is 425 g/mol. The Labute approximate surface area is 186 Å². The van der Waals surface area contributed by atoms with Crippen molar-refractivity contribution >= 4 is 5.91 Å². The number of ether oxygens (including phenoxy) is 2. The minimum atomic E-state index is 0.0205. The van der Waals surface area contributed by atoms with E-state index in [1.165, 1.54) is 16.7 Å². The molecular formula is C26H36N2O3. The van der Waals surface area contributed by atoms with Gasteiger partial charge in [0.25, 0.3) is 0 Å². The largest absolute Gasteiger partial charge is 0.493 e. The van der Waals surface area contributed by atoms with Crippen molar-refractivity contribution in [3.05, 3.63) is 59.2 Å². The lowest BCUT2D eigenvalue weighted by Crippen LogP contribution is -2.48. The first-order valence-corrected chi connectivity index (χ1v) is 11.3. The van der Waals surface area contributed by atoms with Crippen LogP contribution in [0, 0.1) is 5.92 Å². The Balaban J connectivity index is 1.99. The Morgan fingerprint density at radius 1 is 1.13 bits per heavy atom. The predicted octanol–water partition coefficient (Wildman–Crippen LogP) is 4.74. The van der Waals surface area contributed by atoms with Gasteiger partial charge in [0.1, 0.15) is 0 Å². The molecule has 5 nitrogen and oxygen atoms in total. The Bertz CT molecular complexity index is 866. The monoisotopic (exact) mass is 424 g/mol. The van der Waals surface area contributed by atoms with Gasteiger partial charge in [-0.3, -0.25) is 9.69 Å². The summed E-state index contributed by atoms with van der Waals surface area (Å²) in [5.74, 6) is 1.94. The lowest BCUT2D eigenvalue weighted by atomic mass is 9.86. The Morgan fingerprint density at radius 3 is 2.42 bits per heavy atom. The number of fused-ring (bicyclic) bond motifs is 1. The fourth-order valence-corrected chi connectivity index (χ4v) is 4.54. The molecule has 0 aromatic heterocycles. The maximum Gasteiger partial charge on any atom is 0.220 e. The van der Waals surface area contributed by atoms with E-state index < -0.39 is 0 Å². The molecule has 2 aromatic rings. The molecule has 1 heterocycles. The first kappa shape index (κ1) is 23.1. The van der Waals surface area contributed by atoms with Gasteiger partial charge in [0.15, 0.2) is 11.5 Å². The second-order valence-electron chi connectivity index (χ2n) is 8.74. The van der Waals surface area contributed by atoms with Crippen molar-refractivity contribution < 1.29 is 14.3 Å². The highest BCUT2D eigenvalue weighted by Gasteiger charge is 2.35. The van der Waals surface area contributed by atoms with Gasteiger partial charge in [0, 0.05) is 25.6 Å². The minimum absolute atomic E-state index is 0.0205. The molecule has 0 spiro atoms. The summed E-state index contributed by atoms with van der Waals surface area (Å²) in [7, 11) is 3.35. The van der Waals surface area contributed by atoms with Gasteiger partial charge in [0.05, 0.1) is 20.3 Å². The molecule has 31 heavy (non-hydrogen) atoms. The predicted molar refractivity (Wildman–Crippen MR) is 125 cm³/mol. The normalized spacial score (nSPS) is 17.2. The highest BCUT2D eigenvalue weighted by Crippen LogP contribution is 2.40. The quantitative estimate of drug-likeness (QED) is 0.631. The molecule has 0 saturated carbocycles. The molecule has 5 heteroatoms. The average Bonchev–Trinajstić information content (AvgIpc) is 2.76. The number of rotatable bonds is 9. The standard InChI is InChI=1S/C26H36N2O3/c1-6-22(27-25(29)14-18(2)3)26-21-16-24(31-5)23(30-4)15-20(21)12-13-28(26)17-19-10-8-7-9-11-19/h7-11,15-16,18,22,26H,6,12-14,17H2,1-5H3,(H,27,29)/t22-,26-/m0/s1. The van der Waals surface area contributed by atoms with Crippen LogP contribution in [0.1, 0.15) is 56.3 Å². The molecule has 168 valence electrons. The summed E-state index contributed by atoms with van der Waals surface area (Å²) in [6.07, 6.45) is 2.34. The number of hydrogen-bond acceptors (Lipinski definition) is 4. The van der Waals surface area contributed by atoms with E-state index in [4.69, 9.17) is 9.47 Å². The molecule has 0 radical (unpaired) electrons. The number of hydrogen-bond donors (Lipinski definition) is 1. The third-order valence-electron chi connectivity index (χ3n) is 6.02. The maximum atomic E-state index is 12.7. The van der Waals surface area contributed by atoms with Crippen LogP contribution in [0.4, 0.5) is 0 Å². The fourth-order valence-electron chi connectivity index (χ4n) is 4.54. The van der Waals surface area contributed by atoms with Gasteiger partial charge in [-0.2, -0.15) is 0 Å². The Kier molecular flexibility index (Phi) is 7.97. The van der Waals surface area contributed by atoms with Crippen molar-refractivity contribution in [1.29, 1.82) is 0 Å². The molecule has 0 saturated heterocycles. The number of methoxy groups -OCH3 is 2. The summed E-state index contributed by atoms with van der Waals surface area (Å²) in [6.45, 7) is 8.08. The second-order valence-corrected chi connectivity index (χ2v) is 8.74. The molecule has 1 aliphatic rings. The smallest absolute Gasteiger partial charge is 0.220 e. The van der Waals surface area contributed by atoms with E-state index in [1.54, 1.807) is 14.2 Å². The van der Waals surface area contributed by atoms with Gasteiger partial charge in [-0.05, 0) is 47.6 Å². The van der Waals surface area contributed by atoms with Crippen molar-refractivity contribution in [2.45, 2.75) is 58.7 Å². The molecule has 2 atom stereocenters. The summed E-state index contributed by atoms with van der Waals surface area (Å²) in [4.78, 5) is 15.2. The van der Waals surface area contributed by atoms with Crippen molar-refractivity contribution in [2.75, 3.05) is 20.8 Å². The number of amides is 1. The van der Waals surface area contributed by atoms with E-state index in [0.717, 1.165) is 37.4 Å². The van der Waals surface area contributed by atoms with Gasteiger partial charge in [-0.15, -0.1) is 0 Å². The Morgan fingerprint density at radius 2 is 1.81 bits per heavy atom. The number of carbonyl (C=O) groups is 1. The Hall–Kier alpha value is -2.53. The lowest BCUT2D eigenvalue weighted by Gasteiger charge is -2.42. The zero-order chi connectivity index (χ0) is 22.4. The molecular weight excluding hydrogens is 388 g/mol. The molecule has 3 rings (SSSR count). The van der Waals surface area contributed by atoms with Crippen LogP contribution >= 0.6 is 0 Å². The summed E-state index contributed by atoms with van der Waals surface area (Å²) in [5, 5.41) is 3.34. The molecule has 1 amide bonds. The first-order valence-electron chi connectivity index (χ1n) is 11.3. The number of carbonyl (C=O) groups excluding carboxylic acids is 1. The van der Waals surface area contributed by atoms with Gasteiger partial charge in [-0.1, -0.05) is 51.1 Å². The highest BCUT2D eigenvalue weighted by molar-refractivity contribution is 5.76. The van der Waals surface area contributed by atoms with Crippen LogP contribution in [-0.2, 0) is 17.8 Å². The van der Waals surface area contributed by atoms with Crippen molar-refractivity contribution in [1.82, 2.24) is 10.2 Å². The van der Waals surface area contributed by atoms with Crippen LogP contribution in [0.5, 0.6) is 11.5 Å². The third kappa shape index (κ3) is 5.59. The maximum absolute atomic E-state index is 12.7. The first-order chi connectivity index (χ1) is 15.0. The van der Waals surface area contributed by atoms with Crippen LogP contribution in [0.25, 0.3) is 0 Å². The topological polar surface area (TPSA) is 50.8 Å². The fraction of sp³-hybridized carbons (Fsp3) is 0.500. The highest BCUT2D eigenvalue weighted by atomic mass is 16.5. The van der Waals surface area contributed by atoms with E-state index in [-0.39, 0.29) is 18.0 Å². The van der Waals surface area contributed by atoms with E-state index in [1.807, 2.05) is 6.07 Å². The molecule has 0 aliphatic carbocycles. The van der Waals surface area contributed by atoms with Crippen molar-refractivity contribution in [2.24, 2.45) is 5.92 Å². The van der Waals surface area contributed by atoms with E-state index in [2.05, 4.69) is 67.4 Å². The molecule has 0 bridgehead atoms. The van der Waals surface area contributed by atoms with Crippen LogP contribution < -0.4 is 14.8 Å². The molecule has 1 N–H and O–H groups in total. The molecule has 2 aromatic carbocycles. The molecule has 0 fully saturated rings. The van der Waals surface area contributed by atoms with Crippen molar-refractivity contribution in [3.63, 3.8) is 0 Å². The van der Waals surface area contributed by atoms with Crippen LogP contribution in [0.2, 0.25) is 0 Å². The van der Waals surface area contributed by atoms with Gasteiger partial charge < -0.3 is 14.8 Å². The van der Waals surface area contributed by atoms with Crippen LogP contribution in [-0.4, -0.2) is 37.6 Å². The molecule has 1 aliphatic heterocycles. The SMILES string of the molecule is CC[C@H](NC(=O)CC(C)C)[C@@H]1c2cc(OC)c(OC)cc2CCN1Cc1ccccc1. The number of benzene rings is 2. The summed E-state index contributed by atoms with van der Waals surface area (Å²) < 4.78 is 11.2. The van der Waals surface area contributed by atoms with E-state index in [0.29, 0.717) is 12.3 Å². The summed E-state index contributed by atoms with van der Waals surface area (Å²) in [6, 6.07) is 14.8. The van der Waals surface area contributed by atoms with E-state index >= 15 is 0 Å².